The highest BCUT2D eigenvalue weighted by atomic mass is 35.5. The first-order valence-corrected chi connectivity index (χ1v) is 4.81. The lowest BCUT2D eigenvalue weighted by Gasteiger charge is -2.09. The minimum atomic E-state index is -2.87. The molecule has 0 bridgehead atoms. The maximum atomic E-state index is 12.7. The SMILES string of the molecule is COC(=O)Cc1cc(C#N)nc(Cl)c1C(F)F. The van der Waals surface area contributed by atoms with E-state index in [9.17, 15) is 13.6 Å². The molecule has 0 aromatic carbocycles. The molecule has 1 rings (SSSR count). The average molecular weight is 261 g/mol. The summed E-state index contributed by atoms with van der Waals surface area (Å²) in [5, 5.41) is 8.16. The van der Waals surface area contributed by atoms with Gasteiger partial charge in [-0.3, -0.25) is 4.79 Å². The minimum Gasteiger partial charge on any atom is -0.469 e. The molecule has 0 aliphatic heterocycles. The van der Waals surface area contributed by atoms with Gasteiger partial charge in [-0.05, 0) is 11.6 Å². The number of esters is 1. The molecule has 0 spiro atoms. The second kappa shape index (κ2) is 5.55. The number of alkyl halides is 2. The van der Waals surface area contributed by atoms with Crippen molar-refractivity contribution < 1.29 is 18.3 Å². The van der Waals surface area contributed by atoms with Crippen LogP contribution in [-0.2, 0) is 16.0 Å². The van der Waals surface area contributed by atoms with E-state index in [2.05, 4.69) is 9.72 Å². The number of rotatable bonds is 3. The lowest BCUT2D eigenvalue weighted by atomic mass is 10.1. The highest BCUT2D eigenvalue weighted by Crippen LogP contribution is 2.30. The van der Waals surface area contributed by atoms with E-state index >= 15 is 0 Å². The smallest absolute Gasteiger partial charge is 0.309 e. The summed E-state index contributed by atoms with van der Waals surface area (Å²) in [6.07, 6.45) is -3.25. The van der Waals surface area contributed by atoms with Crippen molar-refractivity contribution in [3.63, 3.8) is 0 Å². The Morgan fingerprint density at radius 2 is 2.35 bits per heavy atom. The number of nitriles is 1. The van der Waals surface area contributed by atoms with Gasteiger partial charge in [-0.15, -0.1) is 0 Å². The Hall–Kier alpha value is -1.74. The molecule has 1 aromatic rings. The van der Waals surface area contributed by atoms with Crippen molar-refractivity contribution in [2.75, 3.05) is 7.11 Å². The molecule has 0 aliphatic carbocycles. The normalized spacial score (nSPS) is 10.1. The Morgan fingerprint density at radius 3 is 2.82 bits per heavy atom. The standard InChI is InChI=1S/C10H7ClF2N2O2/c1-17-7(16)3-5-2-6(4-14)15-9(11)8(5)10(12)13/h2,10H,3H2,1H3. The summed E-state index contributed by atoms with van der Waals surface area (Å²) >= 11 is 5.54. The quantitative estimate of drug-likeness (QED) is 0.618. The number of methoxy groups -OCH3 is 1. The van der Waals surface area contributed by atoms with E-state index in [1.165, 1.54) is 0 Å². The van der Waals surface area contributed by atoms with Gasteiger partial charge in [0.25, 0.3) is 6.43 Å². The Bertz CT molecular complexity index is 486. The van der Waals surface area contributed by atoms with Gasteiger partial charge in [0.2, 0.25) is 0 Å². The lowest BCUT2D eigenvalue weighted by Crippen LogP contribution is -2.09. The second-order valence-electron chi connectivity index (χ2n) is 3.04. The molecule has 90 valence electrons. The van der Waals surface area contributed by atoms with Crippen LogP contribution in [0, 0.1) is 11.3 Å². The summed E-state index contributed by atoms with van der Waals surface area (Å²) < 4.78 is 29.8. The number of pyridine rings is 1. The van der Waals surface area contributed by atoms with Crippen LogP contribution >= 0.6 is 11.6 Å². The van der Waals surface area contributed by atoms with Crippen LogP contribution in [0.2, 0.25) is 5.15 Å². The van der Waals surface area contributed by atoms with E-state index < -0.39 is 23.1 Å². The Kier molecular flexibility index (Phi) is 4.35. The van der Waals surface area contributed by atoms with Gasteiger partial charge >= 0.3 is 5.97 Å². The summed E-state index contributed by atoms with van der Waals surface area (Å²) in [4.78, 5) is 14.5. The van der Waals surface area contributed by atoms with Crippen LogP contribution in [0.1, 0.15) is 23.2 Å². The Labute approximate surface area is 101 Å². The van der Waals surface area contributed by atoms with Crippen LogP contribution in [0.4, 0.5) is 8.78 Å². The number of nitrogens with zero attached hydrogens (tertiary/aromatic N) is 2. The minimum absolute atomic E-state index is 0.0524. The van der Waals surface area contributed by atoms with E-state index in [-0.39, 0.29) is 17.7 Å². The summed E-state index contributed by atoms with van der Waals surface area (Å²) in [6.45, 7) is 0. The van der Waals surface area contributed by atoms with Gasteiger partial charge in [-0.2, -0.15) is 5.26 Å². The number of hydrogen-bond donors (Lipinski definition) is 0. The van der Waals surface area contributed by atoms with E-state index in [0.29, 0.717) is 0 Å². The average Bonchev–Trinajstić information content (AvgIpc) is 2.27. The van der Waals surface area contributed by atoms with Gasteiger partial charge in [0.1, 0.15) is 16.9 Å². The van der Waals surface area contributed by atoms with E-state index in [0.717, 1.165) is 13.2 Å². The van der Waals surface area contributed by atoms with E-state index in [1.807, 2.05) is 0 Å². The van der Waals surface area contributed by atoms with Crippen LogP contribution < -0.4 is 0 Å². The zero-order valence-corrected chi connectivity index (χ0v) is 9.46. The highest BCUT2D eigenvalue weighted by Gasteiger charge is 2.21. The number of aromatic nitrogens is 1. The fraction of sp³-hybridized carbons (Fsp3) is 0.300. The van der Waals surface area contributed by atoms with Crippen molar-refractivity contribution in [3.8, 4) is 6.07 Å². The molecule has 0 saturated carbocycles. The third-order valence-corrected chi connectivity index (χ3v) is 2.28. The topological polar surface area (TPSA) is 63.0 Å². The number of carbonyl (C=O) groups excluding carboxylic acids is 1. The lowest BCUT2D eigenvalue weighted by molar-refractivity contribution is -0.139. The number of ether oxygens (including phenoxy) is 1. The summed E-state index contributed by atoms with van der Waals surface area (Å²) in [5.41, 5.74) is -0.724. The zero-order valence-electron chi connectivity index (χ0n) is 8.71. The number of hydrogen-bond acceptors (Lipinski definition) is 4. The molecule has 0 unspecified atom stereocenters. The molecular formula is C10H7ClF2N2O2. The summed E-state index contributed by atoms with van der Waals surface area (Å²) in [7, 11) is 1.14. The molecule has 0 N–H and O–H groups in total. The maximum Gasteiger partial charge on any atom is 0.309 e. The van der Waals surface area contributed by atoms with Crippen LogP contribution in [0.5, 0.6) is 0 Å². The summed E-state index contributed by atoms with van der Waals surface area (Å²) in [6, 6.07) is 2.77. The van der Waals surface area contributed by atoms with Crippen LogP contribution in [0.3, 0.4) is 0 Å². The van der Waals surface area contributed by atoms with Gasteiger partial charge in [0.05, 0.1) is 19.1 Å². The van der Waals surface area contributed by atoms with Gasteiger partial charge < -0.3 is 4.74 Å². The van der Waals surface area contributed by atoms with Gasteiger partial charge in [0.15, 0.2) is 0 Å². The highest BCUT2D eigenvalue weighted by molar-refractivity contribution is 6.30. The van der Waals surface area contributed by atoms with Crippen LogP contribution in [0.25, 0.3) is 0 Å². The van der Waals surface area contributed by atoms with Crippen molar-refractivity contribution in [1.82, 2.24) is 4.98 Å². The van der Waals surface area contributed by atoms with Gasteiger partial charge in [-0.1, -0.05) is 11.6 Å². The molecule has 17 heavy (non-hydrogen) atoms. The van der Waals surface area contributed by atoms with Crippen molar-refractivity contribution in [3.05, 3.63) is 28.0 Å². The van der Waals surface area contributed by atoms with Crippen molar-refractivity contribution in [2.45, 2.75) is 12.8 Å². The van der Waals surface area contributed by atoms with Crippen molar-refractivity contribution in [2.24, 2.45) is 0 Å². The molecule has 1 heterocycles. The fourth-order valence-corrected chi connectivity index (χ4v) is 1.53. The van der Waals surface area contributed by atoms with Crippen molar-refractivity contribution in [1.29, 1.82) is 5.26 Å². The first kappa shape index (κ1) is 13.3. The largest absolute Gasteiger partial charge is 0.469 e. The number of carbonyl (C=O) groups is 1. The van der Waals surface area contributed by atoms with Crippen molar-refractivity contribution >= 4 is 17.6 Å². The zero-order chi connectivity index (χ0) is 13.0. The van der Waals surface area contributed by atoms with E-state index in [4.69, 9.17) is 16.9 Å². The molecule has 7 heteroatoms. The van der Waals surface area contributed by atoms with Crippen LogP contribution in [-0.4, -0.2) is 18.1 Å². The third-order valence-electron chi connectivity index (χ3n) is 1.99. The molecule has 4 nitrogen and oxygen atoms in total. The molecule has 0 saturated heterocycles. The van der Waals surface area contributed by atoms with Gasteiger partial charge in [0, 0.05) is 0 Å². The molecule has 0 aliphatic rings. The monoisotopic (exact) mass is 260 g/mol. The second-order valence-corrected chi connectivity index (χ2v) is 3.39. The first-order chi connectivity index (χ1) is 7.99. The number of halogens is 3. The predicted octanol–water partition coefficient (Wildman–Crippen LogP) is 2.26. The summed E-state index contributed by atoms with van der Waals surface area (Å²) in [5.74, 6) is -0.696. The molecule has 0 amide bonds. The molecule has 1 aromatic heterocycles. The van der Waals surface area contributed by atoms with Crippen LogP contribution in [0.15, 0.2) is 6.07 Å². The fourth-order valence-electron chi connectivity index (χ4n) is 1.23. The molecule has 0 fully saturated rings. The predicted molar refractivity (Wildman–Crippen MR) is 54.6 cm³/mol. The van der Waals surface area contributed by atoms with Gasteiger partial charge in [-0.25, -0.2) is 13.8 Å². The Balaban J connectivity index is 3.28. The third kappa shape index (κ3) is 3.11. The van der Waals surface area contributed by atoms with E-state index in [1.54, 1.807) is 6.07 Å². The molecular weight excluding hydrogens is 254 g/mol. The maximum absolute atomic E-state index is 12.7. The first-order valence-electron chi connectivity index (χ1n) is 4.44. The molecule has 0 radical (unpaired) electrons. The Morgan fingerprint density at radius 1 is 1.71 bits per heavy atom. The molecule has 0 atom stereocenters.